The Bertz CT molecular complexity index is 1540. The molecule has 0 amide bonds. The molecular formula is C30H35N5O3S. The summed E-state index contributed by atoms with van der Waals surface area (Å²) in [5.41, 5.74) is 5.01. The van der Waals surface area contributed by atoms with Gasteiger partial charge in [-0.1, -0.05) is 92.6 Å². The van der Waals surface area contributed by atoms with E-state index in [0.717, 1.165) is 72.4 Å². The molecule has 9 heteroatoms. The first-order chi connectivity index (χ1) is 18.9. The van der Waals surface area contributed by atoms with Crippen LogP contribution in [-0.4, -0.2) is 31.2 Å². The summed E-state index contributed by atoms with van der Waals surface area (Å²) in [6, 6.07) is 15.7. The molecule has 0 atom stereocenters. The number of nitrogens with zero attached hydrogens (tertiary/aromatic N) is 3. The number of hydrogen-bond donors (Lipinski definition) is 2. The highest BCUT2D eigenvalue weighted by Crippen LogP contribution is 2.30. The Morgan fingerprint density at radius 1 is 1.03 bits per heavy atom. The lowest BCUT2D eigenvalue weighted by Crippen LogP contribution is -2.33. The van der Waals surface area contributed by atoms with Gasteiger partial charge in [0.2, 0.25) is 0 Å². The number of aromatic nitrogens is 4. The summed E-state index contributed by atoms with van der Waals surface area (Å²) in [4.78, 5) is 33.4. The normalized spacial score (nSPS) is 11.1. The molecule has 0 aliphatic rings. The summed E-state index contributed by atoms with van der Waals surface area (Å²) in [6.45, 7) is 7.41. The van der Waals surface area contributed by atoms with Crippen molar-refractivity contribution in [3.05, 3.63) is 92.1 Å². The zero-order chi connectivity index (χ0) is 27.8. The maximum atomic E-state index is 13.7. The molecule has 0 radical (unpaired) electrons. The minimum Gasteiger partial charge on any atom is -0.379 e. The number of aryl methyl sites for hydroxylation is 2. The predicted molar refractivity (Wildman–Crippen MR) is 158 cm³/mol. The van der Waals surface area contributed by atoms with Crippen LogP contribution in [0.4, 0.5) is 0 Å². The SMILES string of the molecule is CCCCNC(=S)Cc1c(C)nc(CCCC)n(Cc2ccc(-c3ccccc3-c3noc(=O)[nH]3)cc2)c1=O. The van der Waals surface area contributed by atoms with Crippen molar-refractivity contribution in [1.82, 2.24) is 25.0 Å². The van der Waals surface area contributed by atoms with Crippen LogP contribution in [0.5, 0.6) is 0 Å². The Morgan fingerprint density at radius 3 is 2.41 bits per heavy atom. The molecule has 0 aliphatic heterocycles. The van der Waals surface area contributed by atoms with Crippen LogP contribution >= 0.6 is 12.2 Å². The first-order valence-corrected chi connectivity index (χ1v) is 13.9. The van der Waals surface area contributed by atoms with E-state index in [2.05, 4.69) is 29.3 Å². The van der Waals surface area contributed by atoms with Gasteiger partial charge >= 0.3 is 5.76 Å². The quantitative estimate of drug-likeness (QED) is 0.186. The van der Waals surface area contributed by atoms with Crippen LogP contribution in [0.15, 0.2) is 62.6 Å². The van der Waals surface area contributed by atoms with Gasteiger partial charge in [0, 0.05) is 36.2 Å². The third-order valence-electron chi connectivity index (χ3n) is 6.72. The van der Waals surface area contributed by atoms with Gasteiger partial charge in [-0.3, -0.25) is 18.9 Å². The number of rotatable bonds is 12. The number of thiocarbonyl (C=S) groups is 1. The van der Waals surface area contributed by atoms with Crippen molar-refractivity contribution in [1.29, 1.82) is 0 Å². The van der Waals surface area contributed by atoms with Crippen molar-refractivity contribution in [2.75, 3.05) is 6.54 Å². The lowest BCUT2D eigenvalue weighted by atomic mass is 9.98. The van der Waals surface area contributed by atoms with Gasteiger partial charge in [-0.05, 0) is 36.5 Å². The number of benzene rings is 2. The van der Waals surface area contributed by atoms with Crippen LogP contribution in [-0.2, 0) is 19.4 Å². The Morgan fingerprint density at radius 2 is 1.74 bits per heavy atom. The van der Waals surface area contributed by atoms with E-state index in [-0.39, 0.29) is 5.56 Å². The van der Waals surface area contributed by atoms with Gasteiger partial charge in [0.1, 0.15) is 5.82 Å². The molecule has 0 bridgehead atoms. The summed E-state index contributed by atoms with van der Waals surface area (Å²) in [7, 11) is 0. The molecule has 0 saturated heterocycles. The largest absolute Gasteiger partial charge is 0.439 e. The van der Waals surface area contributed by atoms with Crippen LogP contribution in [0.3, 0.4) is 0 Å². The van der Waals surface area contributed by atoms with Gasteiger partial charge in [0.15, 0.2) is 5.82 Å². The number of unbranched alkanes of at least 4 members (excludes halogenated alkanes) is 2. The van der Waals surface area contributed by atoms with Crippen molar-refractivity contribution < 1.29 is 4.52 Å². The number of hydrogen-bond acceptors (Lipinski definition) is 6. The second-order valence-electron chi connectivity index (χ2n) is 9.65. The van der Waals surface area contributed by atoms with Gasteiger partial charge in [-0.15, -0.1) is 0 Å². The van der Waals surface area contributed by atoms with Crippen molar-refractivity contribution in [3.63, 3.8) is 0 Å². The van der Waals surface area contributed by atoms with Crippen LogP contribution in [0.1, 0.15) is 62.2 Å². The third kappa shape index (κ3) is 6.97. The zero-order valence-electron chi connectivity index (χ0n) is 22.8. The fraction of sp³-hybridized carbons (Fsp3) is 0.367. The number of aromatic amines is 1. The summed E-state index contributed by atoms with van der Waals surface area (Å²) < 4.78 is 6.50. The van der Waals surface area contributed by atoms with E-state index in [1.165, 1.54) is 0 Å². The Balaban J connectivity index is 1.63. The molecule has 0 fully saturated rings. The molecular weight excluding hydrogens is 510 g/mol. The minimum absolute atomic E-state index is 0.0300. The lowest BCUT2D eigenvalue weighted by molar-refractivity contribution is 0.388. The van der Waals surface area contributed by atoms with E-state index < -0.39 is 5.76 Å². The molecule has 39 heavy (non-hydrogen) atoms. The van der Waals surface area contributed by atoms with Crippen LogP contribution in [0.25, 0.3) is 22.5 Å². The Labute approximate surface area is 233 Å². The topological polar surface area (TPSA) is 106 Å². The monoisotopic (exact) mass is 545 g/mol. The molecule has 0 spiro atoms. The van der Waals surface area contributed by atoms with E-state index >= 15 is 0 Å². The first kappa shape index (κ1) is 28.2. The fourth-order valence-electron chi connectivity index (χ4n) is 4.54. The molecule has 2 N–H and O–H groups in total. The molecule has 0 saturated carbocycles. The van der Waals surface area contributed by atoms with Crippen molar-refractivity contribution in [2.24, 2.45) is 0 Å². The molecule has 2 aromatic heterocycles. The molecule has 0 unspecified atom stereocenters. The Hall–Kier alpha value is -3.85. The molecule has 2 heterocycles. The summed E-state index contributed by atoms with van der Waals surface area (Å²) in [5.74, 6) is 0.590. The van der Waals surface area contributed by atoms with Crippen LogP contribution < -0.4 is 16.6 Å². The second kappa shape index (κ2) is 13.3. The highest BCUT2D eigenvalue weighted by atomic mass is 32.1. The molecule has 8 nitrogen and oxygen atoms in total. The van der Waals surface area contributed by atoms with Gasteiger partial charge in [-0.2, -0.15) is 0 Å². The van der Waals surface area contributed by atoms with E-state index in [4.69, 9.17) is 21.7 Å². The number of H-pyrrole nitrogens is 1. The smallest absolute Gasteiger partial charge is 0.379 e. The van der Waals surface area contributed by atoms with E-state index in [9.17, 15) is 9.59 Å². The van der Waals surface area contributed by atoms with Crippen molar-refractivity contribution in [2.45, 2.75) is 65.8 Å². The standard InChI is InChI=1S/C30H35N5O3S/c1-4-6-12-26-32-20(3)25(18-27(39)31-17-7-5-2)29(36)35(26)19-21-13-15-22(16-14-21)23-10-8-9-11-24(23)28-33-30(37)38-34-28/h8-11,13-16H,4-7,12,17-19H2,1-3H3,(H,31,39)(H,33,34,37). The van der Waals surface area contributed by atoms with E-state index in [1.807, 2.05) is 55.5 Å². The van der Waals surface area contributed by atoms with Crippen LogP contribution in [0, 0.1) is 6.92 Å². The highest BCUT2D eigenvalue weighted by Gasteiger charge is 2.17. The lowest BCUT2D eigenvalue weighted by Gasteiger charge is -2.17. The molecule has 4 rings (SSSR count). The maximum absolute atomic E-state index is 13.7. The Kier molecular flexibility index (Phi) is 9.59. The summed E-state index contributed by atoms with van der Waals surface area (Å²) in [5, 5.41) is 7.11. The predicted octanol–water partition coefficient (Wildman–Crippen LogP) is 5.21. The molecule has 4 aromatic rings. The molecule has 0 aliphatic carbocycles. The van der Waals surface area contributed by atoms with Gasteiger partial charge < -0.3 is 5.32 Å². The minimum atomic E-state index is -0.594. The van der Waals surface area contributed by atoms with Crippen molar-refractivity contribution in [3.8, 4) is 22.5 Å². The van der Waals surface area contributed by atoms with Gasteiger partial charge in [0.05, 0.1) is 11.5 Å². The highest BCUT2D eigenvalue weighted by molar-refractivity contribution is 7.80. The first-order valence-electron chi connectivity index (χ1n) is 13.5. The zero-order valence-corrected chi connectivity index (χ0v) is 23.6. The van der Waals surface area contributed by atoms with Crippen molar-refractivity contribution >= 4 is 17.2 Å². The average molecular weight is 546 g/mol. The third-order valence-corrected chi connectivity index (χ3v) is 7.01. The summed E-state index contributed by atoms with van der Waals surface area (Å²) in [6.07, 6.45) is 5.24. The van der Waals surface area contributed by atoms with Crippen LogP contribution in [0.2, 0.25) is 0 Å². The maximum Gasteiger partial charge on any atom is 0.439 e. The summed E-state index contributed by atoms with van der Waals surface area (Å²) >= 11 is 5.54. The fourth-order valence-corrected chi connectivity index (χ4v) is 4.78. The molecule has 204 valence electrons. The van der Waals surface area contributed by atoms with Gasteiger partial charge in [0.25, 0.3) is 5.56 Å². The average Bonchev–Trinajstić information content (AvgIpc) is 3.38. The van der Waals surface area contributed by atoms with E-state index in [0.29, 0.717) is 29.3 Å². The van der Waals surface area contributed by atoms with Gasteiger partial charge in [-0.25, -0.2) is 9.78 Å². The molecule has 2 aromatic carbocycles. The second-order valence-corrected chi connectivity index (χ2v) is 10.1. The number of nitrogens with one attached hydrogen (secondary N) is 2. The van der Waals surface area contributed by atoms with E-state index in [1.54, 1.807) is 4.57 Å².